The average Bonchev–Trinajstić information content (AvgIpc) is 2.45. The molecule has 0 saturated carbocycles. The standard InChI is InChI=1S/C6H5BrN4/c1-4-8-2-5(7)6-9-3-10-11(4)6/h2-3H,1H3. The molecule has 56 valence electrons. The lowest BCUT2D eigenvalue weighted by atomic mass is 10.6. The van der Waals surface area contributed by atoms with Crippen molar-refractivity contribution in [3.63, 3.8) is 0 Å². The van der Waals surface area contributed by atoms with Gasteiger partial charge in [-0.3, -0.25) is 0 Å². The Morgan fingerprint density at radius 2 is 2.27 bits per heavy atom. The third kappa shape index (κ3) is 0.920. The van der Waals surface area contributed by atoms with Gasteiger partial charge in [0, 0.05) is 6.20 Å². The minimum atomic E-state index is 0.803. The average molecular weight is 213 g/mol. The van der Waals surface area contributed by atoms with Crippen LogP contribution in [0.4, 0.5) is 0 Å². The van der Waals surface area contributed by atoms with Crippen LogP contribution in [0.5, 0.6) is 0 Å². The van der Waals surface area contributed by atoms with E-state index in [1.807, 2.05) is 6.92 Å². The molecule has 0 saturated heterocycles. The Morgan fingerprint density at radius 1 is 1.45 bits per heavy atom. The minimum Gasteiger partial charge on any atom is -0.240 e. The fourth-order valence-corrected chi connectivity index (χ4v) is 1.28. The van der Waals surface area contributed by atoms with Crippen molar-refractivity contribution in [3.05, 3.63) is 22.8 Å². The zero-order chi connectivity index (χ0) is 7.84. The van der Waals surface area contributed by atoms with E-state index in [0.29, 0.717) is 0 Å². The molecule has 0 spiro atoms. The maximum Gasteiger partial charge on any atom is 0.173 e. The SMILES string of the molecule is Cc1ncc(Br)c2ncnn12. The summed E-state index contributed by atoms with van der Waals surface area (Å²) < 4.78 is 2.55. The molecular formula is C6H5BrN4. The van der Waals surface area contributed by atoms with Crippen molar-refractivity contribution in [2.24, 2.45) is 0 Å². The monoisotopic (exact) mass is 212 g/mol. The summed E-state index contributed by atoms with van der Waals surface area (Å²) in [5, 5.41) is 3.99. The van der Waals surface area contributed by atoms with Crippen molar-refractivity contribution in [1.29, 1.82) is 0 Å². The van der Waals surface area contributed by atoms with Gasteiger partial charge in [0.2, 0.25) is 0 Å². The Bertz CT molecular complexity index is 358. The fourth-order valence-electron chi connectivity index (χ4n) is 0.904. The zero-order valence-electron chi connectivity index (χ0n) is 5.82. The summed E-state index contributed by atoms with van der Waals surface area (Å²) in [5.74, 6) is 0.834. The van der Waals surface area contributed by atoms with Gasteiger partial charge in [-0.2, -0.15) is 9.61 Å². The van der Waals surface area contributed by atoms with Gasteiger partial charge in [0.1, 0.15) is 12.2 Å². The second-order valence-corrected chi connectivity index (χ2v) is 3.00. The highest BCUT2D eigenvalue weighted by Crippen LogP contribution is 2.13. The first-order valence-electron chi connectivity index (χ1n) is 3.10. The summed E-state index contributed by atoms with van der Waals surface area (Å²) in [5.41, 5.74) is 0.803. The number of rotatable bonds is 0. The van der Waals surface area contributed by atoms with E-state index in [1.54, 1.807) is 10.7 Å². The van der Waals surface area contributed by atoms with Crippen LogP contribution in [-0.4, -0.2) is 19.6 Å². The van der Waals surface area contributed by atoms with Gasteiger partial charge in [-0.05, 0) is 22.9 Å². The van der Waals surface area contributed by atoms with Crippen LogP contribution >= 0.6 is 15.9 Å². The molecular weight excluding hydrogens is 208 g/mol. The van der Waals surface area contributed by atoms with Gasteiger partial charge in [-0.15, -0.1) is 0 Å². The number of hydrogen-bond donors (Lipinski definition) is 0. The van der Waals surface area contributed by atoms with Crippen molar-refractivity contribution in [2.75, 3.05) is 0 Å². The van der Waals surface area contributed by atoms with E-state index >= 15 is 0 Å². The normalized spacial score (nSPS) is 10.7. The number of fused-ring (bicyclic) bond motifs is 1. The Balaban J connectivity index is 2.96. The molecule has 0 N–H and O–H groups in total. The molecule has 0 radical (unpaired) electrons. The van der Waals surface area contributed by atoms with Crippen molar-refractivity contribution in [2.45, 2.75) is 6.92 Å². The summed E-state index contributed by atoms with van der Waals surface area (Å²) in [4.78, 5) is 8.14. The summed E-state index contributed by atoms with van der Waals surface area (Å²) >= 11 is 3.32. The van der Waals surface area contributed by atoms with Gasteiger partial charge < -0.3 is 0 Å². The molecule has 2 aromatic heterocycles. The predicted octanol–water partition coefficient (Wildman–Crippen LogP) is 1.20. The first-order valence-corrected chi connectivity index (χ1v) is 3.89. The van der Waals surface area contributed by atoms with Crippen LogP contribution in [0.25, 0.3) is 5.65 Å². The van der Waals surface area contributed by atoms with Crippen molar-refractivity contribution >= 4 is 21.6 Å². The quantitative estimate of drug-likeness (QED) is 0.660. The van der Waals surface area contributed by atoms with Gasteiger partial charge in [-0.25, -0.2) is 9.97 Å². The molecule has 0 aliphatic carbocycles. The van der Waals surface area contributed by atoms with Gasteiger partial charge in [0.15, 0.2) is 5.65 Å². The molecule has 4 nitrogen and oxygen atoms in total. The van der Waals surface area contributed by atoms with Crippen molar-refractivity contribution < 1.29 is 0 Å². The topological polar surface area (TPSA) is 43.1 Å². The third-order valence-electron chi connectivity index (χ3n) is 1.43. The Morgan fingerprint density at radius 3 is 3.00 bits per heavy atom. The number of hydrogen-bond acceptors (Lipinski definition) is 3. The van der Waals surface area contributed by atoms with Crippen LogP contribution < -0.4 is 0 Å². The fraction of sp³-hybridized carbons (Fsp3) is 0.167. The maximum absolute atomic E-state index is 4.09. The first kappa shape index (κ1) is 6.72. The smallest absolute Gasteiger partial charge is 0.173 e. The molecule has 2 rings (SSSR count). The highest BCUT2D eigenvalue weighted by Gasteiger charge is 2.02. The Kier molecular flexibility index (Phi) is 1.38. The number of halogens is 1. The molecule has 0 fully saturated rings. The lowest BCUT2D eigenvalue weighted by molar-refractivity contribution is 0.860. The van der Waals surface area contributed by atoms with E-state index in [0.717, 1.165) is 15.9 Å². The van der Waals surface area contributed by atoms with Crippen molar-refractivity contribution in [1.82, 2.24) is 19.6 Å². The highest BCUT2D eigenvalue weighted by atomic mass is 79.9. The van der Waals surface area contributed by atoms with E-state index in [9.17, 15) is 0 Å². The third-order valence-corrected chi connectivity index (χ3v) is 1.99. The molecule has 11 heavy (non-hydrogen) atoms. The van der Waals surface area contributed by atoms with E-state index < -0.39 is 0 Å². The minimum absolute atomic E-state index is 0.803. The summed E-state index contributed by atoms with van der Waals surface area (Å²) in [6.07, 6.45) is 3.23. The number of nitrogens with zero attached hydrogens (tertiary/aromatic N) is 4. The Hall–Kier alpha value is -0.970. The van der Waals surface area contributed by atoms with Crippen LogP contribution in [0.1, 0.15) is 5.82 Å². The molecule has 0 aliphatic heterocycles. The van der Waals surface area contributed by atoms with Gasteiger partial charge >= 0.3 is 0 Å². The second kappa shape index (κ2) is 2.27. The lowest BCUT2D eigenvalue weighted by Crippen LogP contribution is -1.96. The number of aromatic nitrogens is 4. The molecule has 0 aromatic carbocycles. The lowest BCUT2D eigenvalue weighted by Gasteiger charge is -1.96. The second-order valence-electron chi connectivity index (χ2n) is 2.15. The van der Waals surface area contributed by atoms with E-state index in [-0.39, 0.29) is 0 Å². The van der Waals surface area contributed by atoms with Crippen LogP contribution in [0.3, 0.4) is 0 Å². The van der Waals surface area contributed by atoms with Crippen LogP contribution in [0.2, 0.25) is 0 Å². The summed E-state index contributed by atoms with van der Waals surface area (Å²) in [6, 6.07) is 0. The van der Waals surface area contributed by atoms with E-state index in [2.05, 4.69) is 31.0 Å². The largest absolute Gasteiger partial charge is 0.240 e. The van der Waals surface area contributed by atoms with Gasteiger partial charge in [-0.1, -0.05) is 0 Å². The van der Waals surface area contributed by atoms with Crippen LogP contribution in [0, 0.1) is 6.92 Å². The molecule has 5 heteroatoms. The van der Waals surface area contributed by atoms with Gasteiger partial charge in [0.05, 0.1) is 4.47 Å². The van der Waals surface area contributed by atoms with Gasteiger partial charge in [0.25, 0.3) is 0 Å². The number of aryl methyl sites for hydroxylation is 1. The predicted molar refractivity (Wildman–Crippen MR) is 43.2 cm³/mol. The molecule has 0 atom stereocenters. The summed E-state index contributed by atoms with van der Waals surface area (Å²) in [6.45, 7) is 1.88. The van der Waals surface area contributed by atoms with Crippen LogP contribution in [0.15, 0.2) is 17.0 Å². The first-order chi connectivity index (χ1) is 5.29. The van der Waals surface area contributed by atoms with Crippen LogP contribution in [-0.2, 0) is 0 Å². The summed E-state index contributed by atoms with van der Waals surface area (Å²) in [7, 11) is 0. The molecule has 2 aromatic rings. The van der Waals surface area contributed by atoms with Crippen molar-refractivity contribution in [3.8, 4) is 0 Å². The molecule has 0 amide bonds. The molecule has 0 unspecified atom stereocenters. The highest BCUT2D eigenvalue weighted by molar-refractivity contribution is 9.10. The molecule has 2 heterocycles. The zero-order valence-corrected chi connectivity index (χ0v) is 7.41. The molecule has 0 aliphatic rings. The van der Waals surface area contributed by atoms with E-state index in [1.165, 1.54) is 6.33 Å². The Labute approximate surface area is 71.4 Å². The van der Waals surface area contributed by atoms with E-state index in [4.69, 9.17) is 0 Å². The maximum atomic E-state index is 4.09. The molecule has 0 bridgehead atoms.